The Morgan fingerprint density at radius 2 is 1.92 bits per heavy atom. The average Bonchev–Trinajstić information content (AvgIpc) is 3.00. The molecule has 24 heavy (non-hydrogen) atoms. The summed E-state index contributed by atoms with van der Waals surface area (Å²) in [6, 6.07) is 9.78. The minimum Gasteiger partial charge on any atom is -0.452 e. The van der Waals surface area contributed by atoms with Gasteiger partial charge >= 0.3 is 5.97 Å². The number of ether oxygens (including phenoxy) is 1. The van der Waals surface area contributed by atoms with Crippen LogP contribution in [0.4, 0.5) is 10.1 Å². The molecular weight excluding hydrogens is 377 g/mol. The number of aryl methyl sites for hydroxylation is 2. The van der Waals surface area contributed by atoms with Gasteiger partial charge in [0.1, 0.15) is 5.82 Å². The molecule has 1 aliphatic carbocycles. The van der Waals surface area contributed by atoms with Crippen molar-refractivity contribution in [3.05, 3.63) is 63.4 Å². The van der Waals surface area contributed by atoms with Crippen molar-refractivity contribution < 1.29 is 18.7 Å². The summed E-state index contributed by atoms with van der Waals surface area (Å²) < 4.78 is 19.1. The molecule has 1 aliphatic rings. The molecule has 0 saturated carbocycles. The molecule has 0 saturated heterocycles. The van der Waals surface area contributed by atoms with Crippen molar-refractivity contribution in [1.29, 1.82) is 0 Å². The van der Waals surface area contributed by atoms with Gasteiger partial charge in [-0.2, -0.15) is 0 Å². The zero-order valence-electron chi connectivity index (χ0n) is 12.8. The molecule has 124 valence electrons. The smallest absolute Gasteiger partial charge is 0.341 e. The topological polar surface area (TPSA) is 55.4 Å². The maximum Gasteiger partial charge on any atom is 0.341 e. The van der Waals surface area contributed by atoms with Crippen LogP contribution in [0.25, 0.3) is 0 Å². The van der Waals surface area contributed by atoms with E-state index in [-0.39, 0.29) is 5.56 Å². The van der Waals surface area contributed by atoms with Gasteiger partial charge in [-0.25, -0.2) is 9.18 Å². The largest absolute Gasteiger partial charge is 0.452 e. The third kappa shape index (κ3) is 3.82. The van der Waals surface area contributed by atoms with Crippen LogP contribution in [0.3, 0.4) is 0 Å². The van der Waals surface area contributed by atoms with Crippen molar-refractivity contribution in [3.8, 4) is 0 Å². The number of esters is 1. The Morgan fingerprint density at radius 3 is 2.71 bits per heavy atom. The maximum atomic E-state index is 13.7. The number of benzene rings is 2. The summed E-state index contributed by atoms with van der Waals surface area (Å²) >= 11 is 3.11. The van der Waals surface area contributed by atoms with E-state index in [2.05, 4.69) is 21.2 Å². The SMILES string of the molecule is O=C(COC(=O)c1ccc(Br)cc1F)Nc1ccc2c(c1)CCC2. The fourth-order valence-electron chi connectivity index (χ4n) is 2.71. The maximum absolute atomic E-state index is 13.7. The lowest BCUT2D eigenvalue weighted by Gasteiger charge is -2.09. The van der Waals surface area contributed by atoms with Gasteiger partial charge in [-0.1, -0.05) is 22.0 Å². The zero-order chi connectivity index (χ0) is 17.1. The van der Waals surface area contributed by atoms with E-state index in [0.717, 1.165) is 19.3 Å². The molecule has 0 spiro atoms. The second kappa shape index (κ2) is 7.13. The average molecular weight is 392 g/mol. The number of anilines is 1. The standard InChI is InChI=1S/C18H15BrFNO3/c19-13-5-7-15(16(20)9-13)18(23)24-10-17(22)21-14-6-4-11-2-1-3-12(11)8-14/h4-9H,1-3,10H2,(H,21,22). The molecule has 4 nitrogen and oxygen atoms in total. The first-order valence-electron chi connectivity index (χ1n) is 7.57. The van der Waals surface area contributed by atoms with Gasteiger partial charge in [-0.3, -0.25) is 4.79 Å². The Balaban J connectivity index is 1.56. The van der Waals surface area contributed by atoms with E-state index in [9.17, 15) is 14.0 Å². The lowest BCUT2D eigenvalue weighted by atomic mass is 10.1. The van der Waals surface area contributed by atoms with Crippen LogP contribution in [0.2, 0.25) is 0 Å². The van der Waals surface area contributed by atoms with Crippen LogP contribution in [0.15, 0.2) is 40.9 Å². The number of fused-ring (bicyclic) bond motifs is 1. The summed E-state index contributed by atoms with van der Waals surface area (Å²) in [5.74, 6) is -2.03. The highest BCUT2D eigenvalue weighted by Crippen LogP contribution is 2.24. The normalized spacial score (nSPS) is 12.6. The first kappa shape index (κ1) is 16.6. The van der Waals surface area contributed by atoms with Crippen molar-refractivity contribution in [2.45, 2.75) is 19.3 Å². The highest BCUT2D eigenvalue weighted by molar-refractivity contribution is 9.10. The van der Waals surface area contributed by atoms with Gasteiger partial charge in [0, 0.05) is 10.2 Å². The number of halogens is 2. The summed E-state index contributed by atoms with van der Waals surface area (Å²) in [6.07, 6.45) is 3.21. The molecule has 2 aromatic carbocycles. The van der Waals surface area contributed by atoms with Gasteiger partial charge in [-0.05, 0) is 60.7 Å². The van der Waals surface area contributed by atoms with E-state index in [1.165, 1.54) is 29.3 Å². The van der Waals surface area contributed by atoms with Crippen molar-refractivity contribution >= 4 is 33.5 Å². The minimum absolute atomic E-state index is 0.205. The first-order chi connectivity index (χ1) is 11.5. The number of rotatable bonds is 4. The summed E-state index contributed by atoms with van der Waals surface area (Å²) in [7, 11) is 0. The molecule has 2 aromatic rings. The third-order valence-corrected chi connectivity index (χ3v) is 4.36. The van der Waals surface area contributed by atoms with Crippen molar-refractivity contribution in [2.75, 3.05) is 11.9 Å². The van der Waals surface area contributed by atoms with Gasteiger partial charge < -0.3 is 10.1 Å². The van der Waals surface area contributed by atoms with Gasteiger partial charge in [0.15, 0.2) is 6.61 Å². The Bertz CT molecular complexity index is 807. The van der Waals surface area contributed by atoms with Crippen LogP contribution in [0, 0.1) is 5.82 Å². The number of carbonyl (C=O) groups excluding carboxylic acids is 2. The zero-order valence-corrected chi connectivity index (χ0v) is 14.4. The molecule has 0 heterocycles. The van der Waals surface area contributed by atoms with Gasteiger partial charge in [-0.15, -0.1) is 0 Å². The van der Waals surface area contributed by atoms with Crippen LogP contribution in [0.1, 0.15) is 27.9 Å². The van der Waals surface area contributed by atoms with Crippen molar-refractivity contribution in [3.63, 3.8) is 0 Å². The first-order valence-corrected chi connectivity index (χ1v) is 8.36. The Morgan fingerprint density at radius 1 is 1.12 bits per heavy atom. The second-order valence-corrected chi connectivity index (χ2v) is 6.50. The minimum atomic E-state index is -0.871. The molecule has 0 fully saturated rings. The molecule has 0 aromatic heterocycles. The molecule has 0 bridgehead atoms. The molecule has 1 amide bonds. The van der Waals surface area contributed by atoms with Crippen LogP contribution in [0.5, 0.6) is 0 Å². The predicted molar refractivity (Wildman–Crippen MR) is 91.5 cm³/mol. The molecule has 0 unspecified atom stereocenters. The van der Waals surface area contributed by atoms with Crippen molar-refractivity contribution in [1.82, 2.24) is 0 Å². The van der Waals surface area contributed by atoms with E-state index < -0.39 is 24.3 Å². The molecule has 1 N–H and O–H groups in total. The van der Waals surface area contributed by atoms with Gasteiger partial charge in [0.25, 0.3) is 5.91 Å². The Kier molecular flexibility index (Phi) is 4.94. The molecular formula is C18H15BrFNO3. The lowest BCUT2D eigenvalue weighted by molar-refractivity contribution is -0.119. The van der Waals surface area contributed by atoms with Crippen LogP contribution in [-0.2, 0) is 22.4 Å². The Labute approximate surface area is 147 Å². The summed E-state index contributed by atoms with van der Waals surface area (Å²) in [5.41, 5.74) is 3.02. The van der Waals surface area contributed by atoms with Crippen LogP contribution in [-0.4, -0.2) is 18.5 Å². The van der Waals surface area contributed by atoms with E-state index in [1.807, 2.05) is 18.2 Å². The number of amides is 1. The molecule has 0 atom stereocenters. The number of hydrogen-bond donors (Lipinski definition) is 1. The molecule has 3 rings (SSSR count). The second-order valence-electron chi connectivity index (χ2n) is 5.59. The highest BCUT2D eigenvalue weighted by atomic mass is 79.9. The fourth-order valence-corrected chi connectivity index (χ4v) is 3.04. The van der Waals surface area contributed by atoms with Gasteiger partial charge in [0.2, 0.25) is 0 Å². The monoisotopic (exact) mass is 391 g/mol. The quantitative estimate of drug-likeness (QED) is 0.804. The summed E-state index contributed by atoms with van der Waals surface area (Å²) in [4.78, 5) is 23.7. The summed E-state index contributed by atoms with van der Waals surface area (Å²) in [5, 5.41) is 2.68. The Hall–Kier alpha value is -2.21. The van der Waals surface area contributed by atoms with E-state index in [0.29, 0.717) is 10.2 Å². The van der Waals surface area contributed by atoms with E-state index in [4.69, 9.17) is 4.74 Å². The molecule has 0 radical (unpaired) electrons. The lowest BCUT2D eigenvalue weighted by Crippen LogP contribution is -2.21. The number of carbonyl (C=O) groups is 2. The predicted octanol–water partition coefficient (Wildman–Crippen LogP) is 3.87. The summed E-state index contributed by atoms with van der Waals surface area (Å²) in [6.45, 7) is -0.467. The van der Waals surface area contributed by atoms with E-state index in [1.54, 1.807) is 0 Å². The fraction of sp³-hybridized carbons (Fsp3) is 0.222. The number of nitrogens with one attached hydrogen (secondary N) is 1. The molecule has 0 aliphatic heterocycles. The highest BCUT2D eigenvalue weighted by Gasteiger charge is 2.16. The third-order valence-electron chi connectivity index (χ3n) is 3.87. The van der Waals surface area contributed by atoms with Crippen LogP contribution >= 0.6 is 15.9 Å². The van der Waals surface area contributed by atoms with E-state index >= 15 is 0 Å². The number of hydrogen-bond acceptors (Lipinski definition) is 3. The van der Waals surface area contributed by atoms with Crippen LogP contribution < -0.4 is 5.32 Å². The molecule has 6 heteroatoms. The van der Waals surface area contributed by atoms with Crippen molar-refractivity contribution in [2.24, 2.45) is 0 Å². The van der Waals surface area contributed by atoms with Gasteiger partial charge in [0.05, 0.1) is 5.56 Å².